The highest BCUT2D eigenvalue weighted by atomic mass is 16.4. The number of aromatic hydroxyl groups is 1. The summed E-state index contributed by atoms with van der Waals surface area (Å²) in [7, 11) is 0. The van der Waals surface area contributed by atoms with Crippen LogP contribution in [0.4, 0.5) is 0 Å². The van der Waals surface area contributed by atoms with Crippen molar-refractivity contribution in [3.63, 3.8) is 0 Å². The van der Waals surface area contributed by atoms with E-state index in [0.29, 0.717) is 29.2 Å². The Morgan fingerprint density at radius 2 is 1.75 bits per heavy atom. The van der Waals surface area contributed by atoms with Crippen LogP contribution in [0.3, 0.4) is 0 Å². The largest absolute Gasteiger partial charge is 0.507 e. The first-order valence-corrected chi connectivity index (χ1v) is 12.2. The Morgan fingerprint density at radius 3 is 2.38 bits per heavy atom. The van der Waals surface area contributed by atoms with Gasteiger partial charge in [0, 0.05) is 24.0 Å². The van der Waals surface area contributed by atoms with Crippen LogP contribution in [0.2, 0.25) is 0 Å². The predicted octanol–water partition coefficient (Wildman–Crippen LogP) is 5.03. The van der Waals surface area contributed by atoms with Crippen LogP contribution in [0.25, 0.3) is 0 Å². The SMILES string of the molecule is CC(O)CC1CCCCC(C(C)CO)c2oc(=O)c(C(c3ccccc3)C3CC3)c(O)c21. The molecule has 0 saturated heterocycles. The molecule has 5 atom stereocenters. The first-order valence-electron chi connectivity index (χ1n) is 12.2. The summed E-state index contributed by atoms with van der Waals surface area (Å²) in [6.07, 6.45) is 5.61. The monoisotopic (exact) mass is 440 g/mol. The molecule has 1 aromatic heterocycles. The van der Waals surface area contributed by atoms with Gasteiger partial charge in [0.15, 0.2) is 0 Å². The second kappa shape index (κ2) is 9.80. The molecular weight excluding hydrogens is 404 g/mol. The fourth-order valence-electron chi connectivity index (χ4n) is 5.63. The summed E-state index contributed by atoms with van der Waals surface area (Å²) < 4.78 is 6.07. The van der Waals surface area contributed by atoms with Gasteiger partial charge in [-0.1, -0.05) is 50.1 Å². The Hall–Kier alpha value is -2.11. The van der Waals surface area contributed by atoms with Crippen LogP contribution < -0.4 is 5.63 Å². The summed E-state index contributed by atoms with van der Waals surface area (Å²) in [6, 6.07) is 9.92. The van der Waals surface area contributed by atoms with Gasteiger partial charge in [-0.2, -0.15) is 0 Å². The summed E-state index contributed by atoms with van der Waals surface area (Å²) in [4.78, 5) is 13.4. The lowest BCUT2D eigenvalue weighted by molar-refractivity contribution is 0.164. The third kappa shape index (κ3) is 4.65. The molecular formula is C27H36O5. The predicted molar refractivity (Wildman–Crippen MR) is 124 cm³/mol. The number of fused-ring (bicyclic) bond motifs is 1. The molecule has 4 rings (SSSR count). The van der Waals surface area contributed by atoms with Gasteiger partial charge in [0.1, 0.15) is 11.5 Å². The Balaban J connectivity index is 1.92. The number of hydrogen-bond donors (Lipinski definition) is 3. The normalized spacial score (nSPS) is 24.1. The van der Waals surface area contributed by atoms with Crippen molar-refractivity contribution >= 4 is 0 Å². The summed E-state index contributed by atoms with van der Waals surface area (Å²) in [5, 5.41) is 31.8. The van der Waals surface area contributed by atoms with E-state index in [1.54, 1.807) is 6.92 Å². The molecule has 2 aliphatic rings. The number of benzene rings is 1. The van der Waals surface area contributed by atoms with Crippen LogP contribution in [0.5, 0.6) is 5.75 Å². The van der Waals surface area contributed by atoms with Crippen molar-refractivity contribution in [3.05, 3.63) is 63.2 Å². The average Bonchev–Trinajstić information content (AvgIpc) is 3.59. The van der Waals surface area contributed by atoms with E-state index in [0.717, 1.165) is 44.1 Å². The van der Waals surface area contributed by atoms with E-state index in [1.165, 1.54) is 0 Å². The van der Waals surface area contributed by atoms with Crippen molar-refractivity contribution < 1.29 is 19.7 Å². The lowest BCUT2D eigenvalue weighted by Gasteiger charge is -2.32. The molecule has 1 fully saturated rings. The quantitative estimate of drug-likeness (QED) is 0.562. The molecule has 2 aromatic rings. The third-order valence-corrected chi connectivity index (χ3v) is 7.42. The van der Waals surface area contributed by atoms with E-state index >= 15 is 0 Å². The van der Waals surface area contributed by atoms with Crippen LogP contribution >= 0.6 is 0 Å². The van der Waals surface area contributed by atoms with Gasteiger partial charge in [0.25, 0.3) is 0 Å². The Labute approximate surface area is 190 Å². The van der Waals surface area contributed by atoms with E-state index in [4.69, 9.17) is 4.42 Å². The molecule has 1 aromatic carbocycles. The molecule has 174 valence electrons. The van der Waals surface area contributed by atoms with E-state index in [9.17, 15) is 20.1 Å². The van der Waals surface area contributed by atoms with Crippen molar-refractivity contribution in [2.45, 2.75) is 82.7 Å². The second-order valence-electron chi connectivity index (χ2n) is 9.99. The standard InChI is InChI=1S/C27H36O5/c1-16(15-28)21-11-7-6-10-20(14-17(2)29)23-25(30)24(27(31)32-26(21)23)22(19-12-13-19)18-8-4-3-5-9-18/h3-5,8-9,16-17,19-22,28-30H,6-7,10-15H2,1-2H3. The van der Waals surface area contributed by atoms with E-state index in [1.807, 2.05) is 37.3 Å². The van der Waals surface area contributed by atoms with Crippen LogP contribution in [-0.2, 0) is 0 Å². The average molecular weight is 441 g/mol. The van der Waals surface area contributed by atoms with Gasteiger partial charge < -0.3 is 19.7 Å². The number of aliphatic hydroxyl groups excluding tert-OH is 2. The third-order valence-electron chi connectivity index (χ3n) is 7.42. The van der Waals surface area contributed by atoms with Crippen LogP contribution in [0.1, 0.15) is 99.0 Å². The zero-order valence-corrected chi connectivity index (χ0v) is 19.2. The van der Waals surface area contributed by atoms with E-state index < -0.39 is 11.7 Å². The van der Waals surface area contributed by atoms with Crippen molar-refractivity contribution in [3.8, 4) is 5.75 Å². The van der Waals surface area contributed by atoms with Gasteiger partial charge in [0.2, 0.25) is 0 Å². The minimum Gasteiger partial charge on any atom is -0.507 e. The molecule has 3 N–H and O–H groups in total. The fraction of sp³-hybridized carbons (Fsp3) is 0.593. The van der Waals surface area contributed by atoms with Gasteiger partial charge in [-0.3, -0.25) is 0 Å². The zero-order chi connectivity index (χ0) is 22.8. The van der Waals surface area contributed by atoms with Gasteiger partial charge in [-0.15, -0.1) is 0 Å². The van der Waals surface area contributed by atoms with Crippen LogP contribution in [0, 0.1) is 11.8 Å². The smallest absolute Gasteiger partial charge is 0.343 e. The topological polar surface area (TPSA) is 90.9 Å². The number of rotatable bonds is 7. The highest BCUT2D eigenvalue weighted by molar-refractivity contribution is 5.49. The van der Waals surface area contributed by atoms with Crippen molar-refractivity contribution in [2.24, 2.45) is 11.8 Å². The first kappa shape index (κ1) is 23.1. The molecule has 32 heavy (non-hydrogen) atoms. The maximum Gasteiger partial charge on any atom is 0.343 e. The van der Waals surface area contributed by atoms with Crippen molar-refractivity contribution in [2.75, 3.05) is 6.61 Å². The lowest BCUT2D eigenvalue weighted by Crippen LogP contribution is -2.25. The second-order valence-corrected chi connectivity index (χ2v) is 9.99. The maximum absolute atomic E-state index is 13.4. The molecule has 0 spiro atoms. The molecule has 2 aliphatic carbocycles. The summed E-state index contributed by atoms with van der Waals surface area (Å²) in [5.74, 6) is 0.406. The van der Waals surface area contributed by atoms with Crippen molar-refractivity contribution in [1.29, 1.82) is 0 Å². The fourth-order valence-corrected chi connectivity index (χ4v) is 5.63. The molecule has 1 saturated carbocycles. The highest BCUT2D eigenvalue weighted by Gasteiger charge is 2.40. The Bertz CT molecular complexity index is 960. The summed E-state index contributed by atoms with van der Waals surface area (Å²) in [6.45, 7) is 3.72. The molecule has 5 unspecified atom stereocenters. The lowest BCUT2D eigenvalue weighted by atomic mass is 9.75. The van der Waals surface area contributed by atoms with Crippen LogP contribution in [-0.4, -0.2) is 28.0 Å². The molecule has 0 bridgehead atoms. The Kier molecular flexibility index (Phi) is 7.06. The Morgan fingerprint density at radius 1 is 1.06 bits per heavy atom. The number of aliphatic hydroxyl groups is 2. The first-order chi connectivity index (χ1) is 15.4. The van der Waals surface area contributed by atoms with Crippen LogP contribution in [0.15, 0.2) is 39.5 Å². The molecule has 0 radical (unpaired) electrons. The highest BCUT2D eigenvalue weighted by Crippen LogP contribution is 2.51. The molecule has 0 aliphatic heterocycles. The maximum atomic E-state index is 13.4. The van der Waals surface area contributed by atoms with Gasteiger partial charge in [0.05, 0.1) is 11.7 Å². The zero-order valence-electron chi connectivity index (χ0n) is 19.2. The van der Waals surface area contributed by atoms with Crippen molar-refractivity contribution in [1.82, 2.24) is 0 Å². The summed E-state index contributed by atoms with van der Waals surface area (Å²) >= 11 is 0. The van der Waals surface area contributed by atoms with E-state index in [-0.39, 0.29) is 36.0 Å². The van der Waals surface area contributed by atoms with E-state index in [2.05, 4.69) is 0 Å². The molecule has 1 heterocycles. The molecule has 5 nitrogen and oxygen atoms in total. The van der Waals surface area contributed by atoms with Gasteiger partial charge in [-0.25, -0.2) is 4.79 Å². The minimum absolute atomic E-state index is 0.00782. The summed E-state index contributed by atoms with van der Waals surface area (Å²) in [5.41, 5.74) is 1.61. The number of hydrogen-bond acceptors (Lipinski definition) is 5. The molecule has 5 heteroatoms. The van der Waals surface area contributed by atoms with Gasteiger partial charge >= 0.3 is 5.63 Å². The minimum atomic E-state index is -0.524. The van der Waals surface area contributed by atoms with Gasteiger partial charge in [-0.05, 0) is 62.3 Å². The molecule has 0 amide bonds.